The molecule has 0 saturated carbocycles. The number of aliphatic imine (C=N–C) groups is 1. The SMILES string of the molecule is O=C1Nc2ccccc2C(c2ccccc2)=NC1Nc1cc(NCCO)ncn1. The van der Waals surface area contributed by atoms with Gasteiger partial charge in [-0.3, -0.25) is 4.79 Å². The molecule has 0 saturated heterocycles. The zero-order chi connectivity index (χ0) is 20.1. The monoisotopic (exact) mass is 388 g/mol. The Bertz CT molecular complexity index is 1040. The van der Waals surface area contributed by atoms with Crippen molar-refractivity contribution in [3.05, 3.63) is 78.1 Å². The topological polar surface area (TPSA) is 112 Å². The summed E-state index contributed by atoms with van der Waals surface area (Å²) in [4.78, 5) is 25.8. The summed E-state index contributed by atoms with van der Waals surface area (Å²) in [6.45, 7) is 0.354. The van der Waals surface area contributed by atoms with Crippen molar-refractivity contribution in [2.24, 2.45) is 4.99 Å². The van der Waals surface area contributed by atoms with Gasteiger partial charge in [0.15, 0.2) is 0 Å². The smallest absolute Gasteiger partial charge is 0.269 e. The summed E-state index contributed by atoms with van der Waals surface area (Å²) in [5, 5.41) is 17.9. The van der Waals surface area contributed by atoms with E-state index in [2.05, 4.69) is 25.9 Å². The van der Waals surface area contributed by atoms with Gasteiger partial charge in [-0.2, -0.15) is 0 Å². The molecule has 1 aliphatic rings. The van der Waals surface area contributed by atoms with Gasteiger partial charge >= 0.3 is 0 Å². The quantitative estimate of drug-likeness (QED) is 0.515. The van der Waals surface area contributed by atoms with Crippen LogP contribution in [0.25, 0.3) is 0 Å². The number of aliphatic hydroxyl groups is 1. The summed E-state index contributed by atoms with van der Waals surface area (Å²) in [6, 6.07) is 19.0. The Labute approximate surface area is 167 Å². The van der Waals surface area contributed by atoms with Crippen LogP contribution in [0.4, 0.5) is 17.3 Å². The van der Waals surface area contributed by atoms with Crippen LogP contribution in [-0.4, -0.2) is 46.0 Å². The second-order valence-electron chi connectivity index (χ2n) is 6.36. The molecule has 0 aliphatic carbocycles. The van der Waals surface area contributed by atoms with E-state index in [1.54, 1.807) is 6.07 Å². The molecule has 8 nitrogen and oxygen atoms in total. The zero-order valence-corrected chi connectivity index (χ0v) is 15.5. The Balaban J connectivity index is 1.70. The maximum Gasteiger partial charge on any atom is 0.269 e. The Morgan fingerprint density at radius 3 is 2.59 bits per heavy atom. The van der Waals surface area contributed by atoms with Crippen LogP contribution in [0.15, 0.2) is 72.0 Å². The van der Waals surface area contributed by atoms with Crippen molar-refractivity contribution < 1.29 is 9.90 Å². The molecule has 0 spiro atoms. The average Bonchev–Trinajstić information content (AvgIpc) is 2.90. The molecule has 3 aromatic rings. The summed E-state index contributed by atoms with van der Waals surface area (Å²) in [7, 11) is 0. The van der Waals surface area contributed by atoms with E-state index < -0.39 is 6.17 Å². The highest BCUT2D eigenvalue weighted by molar-refractivity contribution is 6.19. The highest BCUT2D eigenvalue weighted by Gasteiger charge is 2.25. The first-order valence-electron chi connectivity index (χ1n) is 9.21. The molecular weight excluding hydrogens is 368 g/mol. The molecule has 1 atom stereocenters. The average molecular weight is 388 g/mol. The van der Waals surface area contributed by atoms with Gasteiger partial charge in [-0.05, 0) is 6.07 Å². The minimum Gasteiger partial charge on any atom is -0.395 e. The van der Waals surface area contributed by atoms with Crippen molar-refractivity contribution in [2.75, 3.05) is 29.1 Å². The second kappa shape index (κ2) is 8.49. The van der Waals surface area contributed by atoms with Crippen LogP contribution in [0.1, 0.15) is 11.1 Å². The molecule has 1 unspecified atom stereocenters. The molecule has 8 heteroatoms. The predicted octanol–water partition coefficient (Wildman–Crippen LogP) is 2.11. The number of nitrogens with one attached hydrogen (secondary N) is 3. The molecular formula is C21H20N6O2. The first-order chi connectivity index (χ1) is 14.2. The van der Waals surface area contributed by atoms with E-state index in [1.807, 2.05) is 54.6 Å². The van der Waals surface area contributed by atoms with Crippen molar-refractivity contribution in [2.45, 2.75) is 6.17 Å². The molecule has 1 aliphatic heterocycles. The lowest BCUT2D eigenvalue weighted by Crippen LogP contribution is -2.33. The van der Waals surface area contributed by atoms with Crippen LogP contribution < -0.4 is 16.0 Å². The number of hydrogen-bond acceptors (Lipinski definition) is 7. The lowest BCUT2D eigenvalue weighted by Gasteiger charge is -2.14. The highest BCUT2D eigenvalue weighted by Crippen LogP contribution is 2.24. The number of aromatic nitrogens is 2. The van der Waals surface area contributed by atoms with Crippen molar-refractivity contribution in [1.29, 1.82) is 0 Å². The molecule has 2 heterocycles. The van der Waals surface area contributed by atoms with Crippen LogP contribution in [0, 0.1) is 0 Å². The van der Waals surface area contributed by atoms with Crippen molar-refractivity contribution >= 4 is 28.9 Å². The van der Waals surface area contributed by atoms with Crippen LogP contribution >= 0.6 is 0 Å². The molecule has 4 rings (SSSR count). The van der Waals surface area contributed by atoms with E-state index in [4.69, 9.17) is 10.1 Å². The summed E-state index contributed by atoms with van der Waals surface area (Å²) >= 11 is 0. The minimum atomic E-state index is -0.877. The van der Waals surface area contributed by atoms with Crippen LogP contribution in [0.3, 0.4) is 0 Å². The summed E-state index contributed by atoms with van der Waals surface area (Å²) in [6.07, 6.45) is 0.505. The van der Waals surface area contributed by atoms with Gasteiger partial charge in [0, 0.05) is 23.7 Å². The maximum absolute atomic E-state index is 12.8. The first-order valence-corrected chi connectivity index (χ1v) is 9.21. The first kappa shape index (κ1) is 18.6. The lowest BCUT2D eigenvalue weighted by molar-refractivity contribution is -0.116. The fourth-order valence-electron chi connectivity index (χ4n) is 3.04. The van der Waals surface area contributed by atoms with E-state index in [-0.39, 0.29) is 12.5 Å². The molecule has 4 N–H and O–H groups in total. The Morgan fingerprint density at radius 2 is 1.76 bits per heavy atom. The van der Waals surface area contributed by atoms with Crippen molar-refractivity contribution in [3.63, 3.8) is 0 Å². The Kier molecular flexibility index (Phi) is 5.44. The van der Waals surface area contributed by atoms with Crippen LogP contribution in [0.5, 0.6) is 0 Å². The van der Waals surface area contributed by atoms with Gasteiger partial charge in [-0.15, -0.1) is 0 Å². The lowest BCUT2D eigenvalue weighted by atomic mass is 10.0. The van der Waals surface area contributed by atoms with Crippen molar-refractivity contribution in [3.8, 4) is 0 Å². The summed E-state index contributed by atoms with van der Waals surface area (Å²) < 4.78 is 0. The molecule has 1 aromatic heterocycles. The van der Waals surface area contributed by atoms with Gasteiger partial charge in [0.25, 0.3) is 5.91 Å². The number of benzodiazepines with no additional fused rings is 1. The number of amides is 1. The zero-order valence-electron chi connectivity index (χ0n) is 15.5. The number of carbonyl (C=O) groups is 1. The number of para-hydroxylation sites is 1. The van der Waals surface area contributed by atoms with Gasteiger partial charge in [-0.25, -0.2) is 15.0 Å². The predicted molar refractivity (Wildman–Crippen MR) is 112 cm³/mol. The molecule has 2 aromatic carbocycles. The number of anilines is 3. The normalized spacial score (nSPS) is 15.6. The fraction of sp³-hybridized carbons (Fsp3) is 0.143. The molecule has 1 amide bonds. The van der Waals surface area contributed by atoms with E-state index in [1.165, 1.54) is 6.33 Å². The van der Waals surface area contributed by atoms with Gasteiger partial charge in [0.1, 0.15) is 18.0 Å². The van der Waals surface area contributed by atoms with Gasteiger partial charge in [0.05, 0.1) is 18.0 Å². The van der Waals surface area contributed by atoms with Crippen LogP contribution in [0.2, 0.25) is 0 Å². The van der Waals surface area contributed by atoms with Gasteiger partial charge in [0.2, 0.25) is 6.17 Å². The molecule has 29 heavy (non-hydrogen) atoms. The Hall–Kier alpha value is -3.78. The third-order valence-corrected chi connectivity index (χ3v) is 4.36. The summed E-state index contributed by atoms with van der Waals surface area (Å²) in [5.41, 5.74) is 3.18. The van der Waals surface area contributed by atoms with E-state index >= 15 is 0 Å². The van der Waals surface area contributed by atoms with E-state index in [0.717, 1.165) is 11.1 Å². The molecule has 0 fully saturated rings. The van der Waals surface area contributed by atoms with Crippen molar-refractivity contribution in [1.82, 2.24) is 9.97 Å². The fourth-order valence-corrected chi connectivity index (χ4v) is 3.04. The minimum absolute atomic E-state index is 0.0131. The summed E-state index contributed by atoms with van der Waals surface area (Å²) in [5.74, 6) is 0.704. The highest BCUT2D eigenvalue weighted by atomic mass is 16.3. The maximum atomic E-state index is 12.8. The van der Waals surface area contributed by atoms with Gasteiger partial charge in [-0.1, -0.05) is 48.5 Å². The standard InChI is InChI=1S/C21H20N6O2/c28-11-10-22-17-12-18(24-13-23-17)26-20-21(29)25-16-9-5-4-8-15(16)19(27-20)14-6-2-1-3-7-14/h1-9,12-13,20,28H,10-11H2,(H,25,29)(H2,22,23,24,26). The van der Waals surface area contributed by atoms with Gasteiger partial charge < -0.3 is 21.1 Å². The molecule has 0 radical (unpaired) electrons. The number of rotatable bonds is 6. The third kappa shape index (κ3) is 4.22. The number of aliphatic hydroxyl groups excluding tert-OH is 1. The number of nitrogens with zero attached hydrogens (tertiary/aromatic N) is 3. The Morgan fingerprint density at radius 1 is 1.00 bits per heavy atom. The largest absolute Gasteiger partial charge is 0.395 e. The number of carbonyl (C=O) groups excluding carboxylic acids is 1. The van der Waals surface area contributed by atoms with E-state index in [9.17, 15) is 4.79 Å². The number of hydrogen-bond donors (Lipinski definition) is 4. The van der Waals surface area contributed by atoms with Crippen LogP contribution in [-0.2, 0) is 4.79 Å². The molecule has 0 bridgehead atoms. The third-order valence-electron chi connectivity index (χ3n) is 4.36. The number of fused-ring (bicyclic) bond motifs is 1. The second-order valence-corrected chi connectivity index (χ2v) is 6.36. The molecule has 146 valence electrons. The number of benzene rings is 2. The van der Waals surface area contributed by atoms with E-state index in [0.29, 0.717) is 29.6 Å².